The molecule has 1 aromatic carbocycles. The Balaban J connectivity index is 1.71. The molecule has 0 aliphatic carbocycles. The maximum Gasteiger partial charge on any atom is 0.334 e. The van der Waals surface area contributed by atoms with Crippen molar-refractivity contribution in [3.63, 3.8) is 0 Å². The number of fused-ring (bicyclic) bond motifs is 1. The highest BCUT2D eigenvalue weighted by molar-refractivity contribution is 6.45. The topological polar surface area (TPSA) is 78.0 Å². The monoisotopic (exact) mass is 329 g/mol. The number of carbonyl (C=O) groups excluding carboxylic acids is 4. The van der Waals surface area contributed by atoms with E-state index in [0.29, 0.717) is 13.1 Å². The maximum absolute atomic E-state index is 12.5. The van der Waals surface area contributed by atoms with Crippen LogP contribution in [0.5, 0.6) is 0 Å². The molecule has 2 aliphatic heterocycles. The van der Waals surface area contributed by atoms with Gasteiger partial charge in [0.05, 0.1) is 0 Å². The molecule has 126 valence electrons. The molecule has 5 amide bonds. The number of benzene rings is 1. The second-order valence-corrected chi connectivity index (χ2v) is 6.28. The molecule has 7 nitrogen and oxygen atoms in total. The van der Waals surface area contributed by atoms with Gasteiger partial charge in [0.15, 0.2) is 0 Å². The molecule has 0 radical (unpaired) electrons. The summed E-state index contributed by atoms with van der Waals surface area (Å²) in [5, 5.41) is 0. The van der Waals surface area contributed by atoms with Gasteiger partial charge in [0.1, 0.15) is 6.54 Å². The van der Waals surface area contributed by atoms with Gasteiger partial charge in [0.2, 0.25) is 5.91 Å². The number of carbonyl (C=O) groups is 4. The molecule has 2 aliphatic rings. The van der Waals surface area contributed by atoms with Crippen molar-refractivity contribution in [3.8, 4) is 0 Å². The number of urea groups is 1. The van der Waals surface area contributed by atoms with Gasteiger partial charge in [-0.3, -0.25) is 19.3 Å². The average Bonchev–Trinajstić information content (AvgIpc) is 2.77. The van der Waals surface area contributed by atoms with Gasteiger partial charge >= 0.3 is 17.8 Å². The Morgan fingerprint density at radius 1 is 1.08 bits per heavy atom. The van der Waals surface area contributed by atoms with Crippen LogP contribution in [0, 0.1) is 0 Å². The van der Waals surface area contributed by atoms with E-state index in [0.717, 1.165) is 21.8 Å². The summed E-state index contributed by atoms with van der Waals surface area (Å²) in [6, 6.07) is 6.74. The van der Waals surface area contributed by atoms with Crippen LogP contribution in [0.25, 0.3) is 0 Å². The van der Waals surface area contributed by atoms with Crippen molar-refractivity contribution >= 4 is 23.8 Å². The molecule has 0 bridgehead atoms. The van der Waals surface area contributed by atoms with Crippen molar-refractivity contribution in [2.45, 2.75) is 32.9 Å². The van der Waals surface area contributed by atoms with Gasteiger partial charge < -0.3 is 4.90 Å². The van der Waals surface area contributed by atoms with Gasteiger partial charge in [0, 0.05) is 19.1 Å². The van der Waals surface area contributed by atoms with E-state index in [4.69, 9.17) is 0 Å². The molecule has 1 fully saturated rings. The molecule has 1 saturated heterocycles. The predicted molar refractivity (Wildman–Crippen MR) is 84.7 cm³/mol. The lowest BCUT2D eigenvalue weighted by Crippen LogP contribution is -2.45. The minimum Gasteiger partial charge on any atom is -0.336 e. The Labute approximate surface area is 139 Å². The van der Waals surface area contributed by atoms with Crippen molar-refractivity contribution in [1.82, 2.24) is 14.7 Å². The van der Waals surface area contributed by atoms with Gasteiger partial charge in [0.25, 0.3) is 0 Å². The summed E-state index contributed by atoms with van der Waals surface area (Å²) in [4.78, 5) is 51.8. The third-order valence-electron chi connectivity index (χ3n) is 4.38. The minimum absolute atomic E-state index is 0.329. The SMILES string of the molecule is CC(C)N1C(=O)C(=O)N(CC(=O)N2CCc3ccccc3C2)C1=O. The van der Waals surface area contributed by atoms with Crippen LogP contribution in [0.15, 0.2) is 24.3 Å². The quantitative estimate of drug-likeness (QED) is 0.606. The molecule has 2 heterocycles. The fourth-order valence-corrected chi connectivity index (χ4v) is 3.06. The summed E-state index contributed by atoms with van der Waals surface area (Å²) < 4.78 is 0. The van der Waals surface area contributed by atoms with Crippen LogP contribution in [0.1, 0.15) is 25.0 Å². The number of hydrogen-bond acceptors (Lipinski definition) is 4. The van der Waals surface area contributed by atoms with E-state index in [9.17, 15) is 19.2 Å². The summed E-state index contributed by atoms with van der Waals surface area (Å²) in [6.07, 6.45) is 0.737. The number of imide groups is 2. The van der Waals surface area contributed by atoms with E-state index in [-0.39, 0.29) is 5.91 Å². The van der Waals surface area contributed by atoms with Crippen LogP contribution in [0.3, 0.4) is 0 Å². The zero-order valence-electron chi connectivity index (χ0n) is 13.7. The van der Waals surface area contributed by atoms with Gasteiger partial charge in [-0.1, -0.05) is 24.3 Å². The summed E-state index contributed by atoms with van der Waals surface area (Å²) in [5.74, 6) is -2.13. The van der Waals surface area contributed by atoms with Crippen LogP contribution >= 0.6 is 0 Å². The van der Waals surface area contributed by atoms with E-state index in [2.05, 4.69) is 0 Å². The summed E-state index contributed by atoms with van der Waals surface area (Å²) in [5.41, 5.74) is 2.27. The van der Waals surface area contributed by atoms with Crippen molar-refractivity contribution in [2.75, 3.05) is 13.1 Å². The lowest BCUT2D eigenvalue weighted by atomic mass is 10.00. The molecule has 0 aromatic heterocycles. The van der Waals surface area contributed by atoms with E-state index in [1.54, 1.807) is 18.7 Å². The second kappa shape index (κ2) is 6.07. The third kappa shape index (κ3) is 2.66. The first-order valence-corrected chi connectivity index (χ1v) is 7.93. The Morgan fingerprint density at radius 2 is 1.75 bits per heavy atom. The molecular weight excluding hydrogens is 310 g/mol. The fraction of sp³-hybridized carbons (Fsp3) is 0.412. The Morgan fingerprint density at radius 3 is 2.38 bits per heavy atom. The van der Waals surface area contributed by atoms with E-state index in [1.165, 1.54) is 5.56 Å². The van der Waals surface area contributed by atoms with E-state index < -0.39 is 30.4 Å². The van der Waals surface area contributed by atoms with Crippen LogP contribution in [-0.4, -0.2) is 57.6 Å². The first kappa shape index (κ1) is 16.2. The second-order valence-electron chi connectivity index (χ2n) is 6.28. The van der Waals surface area contributed by atoms with E-state index in [1.807, 2.05) is 24.3 Å². The van der Waals surface area contributed by atoms with Crippen molar-refractivity contribution in [1.29, 1.82) is 0 Å². The molecule has 0 saturated carbocycles. The zero-order valence-corrected chi connectivity index (χ0v) is 13.7. The molecule has 0 unspecified atom stereocenters. The van der Waals surface area contributed by atoms with Crippen molar-refractivity contribution in [3.05, 3.63) is 35.4 Å². The zero-order chi connectivity index (χ0) is 17.4. The normalized spacial score (nSPS) is 17.8. The number of nitrogens with zero attached hydrogens (tertiary/aromatic N) is 3. The molecule has 3 rings (SSSR count). The molecular formula is C17H19N3O4. The van der Waals surface area contributed by atoms with Gasteiger partial charge in [-0.15, -0.1) is 0 Å². The number of hydrogen-bond donors (Lipinski definition) is 0. The predicted octanol–water partition coefficient (Wildman–Crippen LogP) is 0.770. The Bertz CT molecular complexity index is 728. The van der Waals surface area contributed by atoms with Gasteiger partial charge in [-0.25, -0.2) is 9.69 Å². The van der Waals surface area contributed by atoms with Gasteiger partial charge in [-0.05, 0) is 31.4 Å². The van der Waals surface area contributed by atoms with Crippen LogP contribution < -0.4 is 0 Å². The summed E-state index contributed by atoms with van der Waals surface area (Å²) >= 11 is 0. The summed E-state index contributed by atoms with van der Waals surface area (Å²) in [7, 11) is 0. The minimum atomic E-state index is -0.931. The van der Waals surface area contributed by atoms with Crippen LogP contribution in [0.4, 0.5) is 4.79 Å². The van der Waals surface area contributed by atoms with Crippen molar-refractivity contribution < 1.29 is 19.2 Å². The highest BCUT2D eigenvalue weighted by Crippen LogP contribution is 2.20. The average molecular weight is 329 g/mol. The molecule has 7 heteroatoms. The highest BCUT2D eigenvalue weighted by Gasteiger charge is 2.46. The summed E-state index contributed by atoms with van der Waals surface area (Å²) in [6.45, 7) is 3.89. The lowest BCUT2D eigenvalue weighted by molar-refractivity contribution is -0.145. The van der Waals surface area contributed by atoms with E-state index >= 15 is 0 Å². The first-order chi connectivity index (χ1) is 11.4. The lowest BCUT2D eigenvalue weighted by Gasteiger charge is -2.30. The maximum atomic E-state index is 12.5. The van der Waals surface area contributed by atoms with Gasteiger partial charge in [-0.2, -0.15) is 0 Å². The molecule has 0 N–H and O–H groups in total. The molecule has 1 aromatic rings. The fourth-order valence-electron chi connectivity index (χ4n) is 3.06. The Kier molecular flexibility index (Phi) is 4.09. The molecule has 24 heavy (non-hydrogen) atoms. The Hall–Kier alpha value is -2.70. The molecule has 0 atom stereocenters. The largest absolute Gasteiger partial charge is 0.336 e. The standard InChI is InChI=1S/C17H19N3O4/c1-11(2)20-16(23)15(22)19(17(20)24)10-14(21)18-8-7-12-5-3-4-6-13(12)9-18/h3-6,11H,7-10H2,1-2H3. The van der Waals surface area contributed by atoms with Crippen LogP contribution in [-0.2, 0) is 27.3 Å². The third-order valence-corrected chi connectivity index (χ3v) is 4.38. The van der Waals surface area contributed by atoms with Crippen LogP contribution in [0.2, 0.25) is 0 Å². The first-order valence-electron chi connectivity index (χ1n) is 7.93. The van der Waals surface area contributed by atoms with Crippen molar-refractivity contribution in [2.24, 2.45) is 0 Å². The number of amides is 5. The highest BCUT2D eigenvalue weighted by atomic mass is 16.2. The molecule has 0 spiro atoms. The smallest absolute Gasteiger partial charge is 0.334 e. The number of rotatable bonds is 3.